The van der Waals surface area contributed by atoms with Gasteiger partial charge in [-0.15, -0.1) is 0 Å². The number of hydrazine groups is 1. The topological polar surface area (TPSA) is 112 Å². The number of hydrogen-bond donors (Lipinski definition) is 2. The van der Waals surface area contributed by atoms with Crippen molar-refractivity contribution in [3.63, 3.8) is 0 Å². The number of benzene rings is 2. The standard InChI is InChI=1S/C16H14N2O5S/c1-22-12-4-6-13(7-5-12)24(20,21)15-8-10-2-3-11(18-17)9-14(10)23-16(15)19/h2-9,18H,17H2,1H3. The molecule has 0 aliphatic carbocycles. The third kappa shape index (κ3) is 2.72. The van der Waals surface area contributed by atoms with Crippen molar-refractivity contribution in [2.75, 3.05) is 12.5 Å². The lowest BCUT2D eigenvalue weighted by Gasteiger charge is -2.07. The van der Waals surface area contributed by atoms with Gasteiger partial charge in [0.25, 0.3) is 0 Å². The lowest BCUT2D eigenvalue weighted by molar-refractivity contribution is 0.414. The van der Waals surface area contributed by atoms with Crippen LogP contribution in [0, 0.1) is 0 Å². The summed E-state index contributed by atoms with van der Waals surface area (Å²) >= 11 is 0. The number of hydrogen-bond acceptors (Lipinski definition) is 7. The number of anilines is 1. The van der Waals surface area contributed by atoms with Gasteiger partial charge in [0.05, 0.1) is 17.7 Å². The van der Waals surface area contributed by atoms with Gasteiger partial charge in [-0.1, -0.05) is 0 Å². The summed E-state index contributed by atoms with van der Waals surface area (Å²) in [4.78, 5) is 11.7. The van der Waals surface area contributed by atoms with Gasteiger partial charge in [-0.2, -0.15) is 0 Å². The average molecular weight is 346 g/mol. The molecule has 0 bridgehead atoms. The monoisotopic (exact) mass is 346 g/mol. The third-order valence-electron chi connectivity index (χ3n) is 3.53. The minimum Gasteiger partial charge on any atom is -0.497 e. The van der Waals surface area contributed by atoms with Crippen molar-refractivity contribution >= 4 is 26.5 Å². The van der Waals surface area contributed by atoms with Crippen LogP contribution < -0.4 is 21.6 Å². The van der Waals surface area contributed by atoms with Crippen LogP contribution in [-0.2, 0) is 9.84 Å². The highest BCUT2D eigenvalue weighted by Crippen LogP contribution is 2.24. The lowest BCUT2D eigenvalue weighted by atomic mass is 10.2. The van der Waals surface area contributed by atoms with Crippen molar-refractivity contribution in [2.45, 2.75) is 9.79 Å². The molecule has 1 aromatic heterocycles. The third-order valence-corrected chi connectivity index (χ3v) is 5.29. The van der Waals surface area contributed by atoms with Gasteiger partial charge in [0.15, 0.2) is 4.90 Å². The largest absolute Gasteiger partial charge is 0.497 e. The van der Waals surface area contributed by atoms with Crippen LogP contribution in [0.15, 0.2) is 67.5 Å². The quantitative estimate of drug-likeness (QED) is 0.422. The van der Waals surface area contributed by atoms with Crippen molar-refractivity contribution in [3.05, 3.63) is 59.0 Å². The van der Waals surface area contributed by atoms with E-state index in [-0.39, 0.29) is 10.5 Å². The van der Waals surface area contributed by atoms with Crippen molar-refractivity contribution in [2.24, 2.45) is 5.84 Å². The van der Waals surface area contributed by atoms with E-state index >= 15 is 0 Å². The first-order chi connectivity index (χ1) is 11.5. The SMILES string of the molecule is COc1ccc(S(=O)(=O)c2cc3ccc(NN)cc3oc2=O)cc1. The van der Waals surface area contributed by atoms with Gasteiger partial charge in [-0.05, 0) is 42.5 Å². The van der Waals surface area contributed by atoms with E-state index in [9.17, 15) is 13.2 Å². The molecule has 0 atom stereocenters. The molecule has 0 unspecified atom stereocenters. The maximum atomic E-state index is 12.7. The van der Waals surface area contributed by atoms with Gasteiger partial charge in [0, 0.05) is 11.5 Å². The molecule has 0 spiro atoms. The van der Waals surface area contributed by atoms with Crippen LogP contribution in [0.2, 0.25) is 0 Å². The fourth-order valence-corrected chi connectivity index (χ4v) is 3.54. The molecule has 0 aliphatic rings. The highest BCUT2D eigenvalue weighted by molar-refractivity contribution is 7.91. The van der Waals surface area contributed by atoms with Crippen LogP contribution in [-0.4, -0.2) is 15.5 Å². The van der Waals surface area contributed by atoms with Crippen molar-refractivity contribution < 1.29 is 17.6 Å². The Morgan fingerprint density at radius 1 is 1.08 bits per heavy atom. The van der Waals surface area contributed by atoms with Crippen LogP contribution >= 0.6 is 0 Å². The summed E-state index contributed by atoms with van der Waals surface area (Å²) in [5.41, 5.74) is 2.27. The maximum Gasteiger partial charge on any atom is 0.355 e. The summed E-state index contributed by atoms with van der Waals surface area (Å²) in [7, 11) is -2.53. The Balaban J connectivity index is 2.16. The number of nitrogens with one attached hydrogen (secondary N) is 1. The number of nitrogens with two attached hydrogens (primary N) is 1. The molecule has 0 amide bonds. The Kier molecular flexibility index (Phi) is 4.00. The van der Waals surface area contributed by atoms with E-state index in [1.165, 1.54) is 43.5 Å². The van der Waals surface area contributed by atoms with Crippen LogP contribution in [0.3, 0.4) is 0 Å². The van der Waals surface area contributed by atoms with E-state index in [2.05, 4.69) is 5.43 Å². The molecule has 1 heterocycles. The van der Waals surface area contributed by atoms with Crippen LogP contribution in [0.5, 0.6) is 5.75 Å². The average Bonchev–Trinajstić information content (AvgIpc) is 2.60. The Labute approximate surface area is 137 Å². The molecule has 0 saturated carbocycles. The summed E-state index contributed by atoms with van der Waals surface area (Å²) in [5, 5.41) is 0.473. The highest BCUT2D eigenvalue weighted by Gasteiger charge is 2.23. The van der Waals surface area contributed by atoms with Gasteiger partial charge in [-0.25, -0.2) is 13.2 Å². The summed E-state index contributed by atoms with van der Waals surface area (Å²) in [6.45, 7) is 0. The molecule has 8 heteroatoms. The van der Waals surface area contributed by atoms with Crippen LogP contribution in [0.25, 0.3) is 11.0 Å². The molecular weight excluding hydrogens is 332 g/mol. The molecule has 0 fully saturated rings. The van der Waals surface area contributed by atoms with Gasteiger partial charge < -0.3 is 14.6 Å². The summed E-state index contributed by atoms with van der Waals surface area (Å²) in [6, 6.07) is 11.8. The normalized spacial score (nSPS) is 11.4. The summed E-state index contributed by atoms with van der Waals surface area (Å²) in [5.74, 6) is 5.82. The zero-order valence-corrected chi connectivity index (χ0v) is 13.5. The van der Waals surface area contributed by atoms with E-state index in [4.69, 9.17) is 15.0 Å². The highest BCUT2D eigenvalue weighted by atomic mass is 32.2. The molecule has 0 aliphatic heterocycles. The minimum absolute atomic E-state index is 0.0183. The van der Waals surface area contributed by atoms with Gasteiger partial charge in [0.2, 0.25) is 9.84 Å². The predicted molar refractivity (Wildman–Crippen MR) is 88.7 cm³/mol. The van der Waals surface area contributed by atoms with Gasteiger partial charge in [-0.3, -0.25) is 5.84 Å². The van der Waals surface area contributed by atoms with Crippen LogP contribution in [0.4, 0.5) is 5.69 Å². The summed E-state index contributed by atoms with van der Waals surface area (Å²) < 4.78 is 35.5. The molecule has 2 aromatic carbocycles. The predicted octanol–water partition coefficient (Wildman–Crippen LogP) is 1.92. The fourth-order valence-electron chi connectivity index (χ4n) is 2.25. The Hall–Kier alpha value is -2.84. The van der Waals surface area contributed by atoms with Gasteiger partial charge in [0.1, 0.15) is 11.3 Å². The summed E-state index contributed by atoms with van der Waals surface area (Å²) in [6.07, 6.45) is 0. The molecule has 24 heavy (non-hydrogen) atoms. The second-order valence-electron chi connectivity index (χ2n) is 4.97. The molecule has 3 aromatic rings. The van der Waals surface area contributed by atoms with E-state index < -0.39 is 20.4 Å². The van der Waals surface area contributed by atoms with E-state index in [0.717, 1.165) is 0 Å². The molecule has 3 rings (SSSR count). The smallest absolute Gasteiger partial charge is 0.355 e. The molecular formula is C16H14N2O5S. The molecule has 0 saturated heterocycles. The van der Waals surface area contributed by atoms with E-state index in [1.54, 1.807) is 12.1 Å². The first kappa shape index (κ1) is 16.0. The zero-order chi connectivity index (χ0) is 17.3. The first-order valence-corrected chi connectivity index (χ1v) is 8.37. The van der Waals surface area contributed by atoms with Gasteiger partial charge >= 0.3 is 5.63 Å². The van der Waals surface area contributed by atoms with E-state index in [0.29, 0.717) is 16.8 Å². The number of ether oxygens (including phenoxy) is 1. The minimum atomic E-state index is -4.00. The van der Waals surface area contributed by atoms with Crippen molar-refractivity contribution in [1.82, 2.24) is 0 Å². The van der Waals surface area contributed by atoms with E-state index in [1.807, 2.05) is 0 Å². The van der Waals surface area contributed by atoms with Crippen molar-refractivity contribution in [3.8, 4) is 5.75 Å². The number of nitrogen functional groups attached to an aromatic ring is 1. The zero-order valence-electron chi connectivity index (χ0n) is 12.6. The Bertz CT molecular complexity index is 1060. The lowest BCUT2D eigenvalue weighted by Crippen LogP contribution is -2.14. The van der Waals surface area contributed by atoms with Crippen molar-refractivity contribution in [1.29, 1.82) is 0 Å². The number of rotatable bonds is 4. The number of methoxy groups -OCH3 is 1. The van der Waals surface area contributed by atoms with Crippen LogP contribution in [0.1, 0.15) is 0 Å². The number of fused-ring (bicyclic) bond motifs is 1. The molecule has 0 radical (unpaired) electrons. The molecule has 7 nitrogen and oxygen atoms in total. The molecule has 3 N–H and O–H groups in total. The Morgan fingerprint density at radius 3 is 2.42 bits per heavy atom. The second-order valence-corrected chi connectivity index (χ2v) is 6.89. The molecule has 124 valence electrons. The maximum absolute atomic E-state index is 12.7. The number of sulfone groups is 1. The fraction of sp³-hybridized carbons (Fsp3) is 0.0625. The first-order valence-electron chi connectivity index (χ1n) is 6.89. The Morgan fingerprint density at radius 2 is 1.79 bits per heavy atom. The second kappa shape index (κ2) is 5.99.